The predicted octanol–water partition coefficient (Wildman–Crippen LogP) is 1.80. The van der Waals surface area contributed by atoms with Gasteiger partial charge in [0.1, 0.15) is 0 Å². The highest BCUT2D eigenvalue weighted by molar-refractivity contribution is 7.91. The van der Waals surface area contributed by atoms with Crippen molar-refractivity contribution in [3.8, 4) is 0 Å². The Morgan fingerprint density at radius 2 is 2.12 bits per heavy atom. The lowest BCUT2D eigenvalue weighted by Crippen LogP contribution is -2.34. The van der Waals surface area contributed by atoms with Crippen LogP contribution in [0.1, 0.15) is 18.9 Å². The third kappa shape index (κ3) is 3.64. The number of nitrogens with zero attached hydrogens (tertiary/aromatic N) is 4. The molecule has 1 unspecified atom stereocenters. The topological polar surface area (TPSA) is 88.1 Å². The number of hydrogen-bond donors (Lipinski definition) is 1. The molecular weight excluding hydrogens is 326 g/mol. The first kappa shape index (κ1) is 16.6. The Morgan fingerprint density at radius 3 is 2.83 bits per heavy atom. The van der Waals surface area contributed by atoms with Gasteiger partial charge in [0.15, 0.2) is 15.7 Å². The molecule has 0 saturated carbocycles. The predicted molar refractivity (Wildman–Crippen MR) is 94.4 cm³/mol. The molecule has 3 rings (SSSR count). The van der Waals surface area contributed by atoms with Gasteiger partial charge in [0, 0.05) is 18.8 Å². The fraction of sp³-hybridized carbons (Fsp3) is 0.438. The second-order valence-corrected chi connectivity index (χ2v) is 8.17. The summed E-state index contributed by atoms with van der Waals surface area (Å²) >= 11 is 0. The lowest BCUT2D eigenvalue weighted by molar-refractivity contribution is 0.600. The summed E-state index contributed by atoms with van der Waals surface area (Å²) in [5.74, 6) is 1.38. The molecular formula is C16H21N5O2S. The molecule has 1 fully saturated rings. The van der Waals surface area contributed by atoms with E-state index in [1.54, 1.807) is 11.1 Å². The highest BCUT2D eigenvalue weighted by atomic mass is 32.2. The average molecular weight is 347 g/mol. The van der Waals surface area contributed by atoms with Gasteiger partial charge in [-0.3, -0.25) is 0 Å². The number of aryl methyl sites for hydroxylation is 1. The normalized spacial score (nSPS) is 19.2. The maximum Gasteiger partial charge on any atom is 0.247 e. The highest BCUT2D eigenvalue weighted by Gasteiger charge is 2.31. The molecule has 1 aliphatic rings. The largest absolute Gasteiger partial charge is 0.339 e. The van der Waals surface area contributed by atoms with Crippen molar-refractivity contribution in [2.24, 2.45) is 0 Å². The van der Waals surface area contributed by atoms with E-state index in [9.17, 15) is 8.42 Å². The fourth-order valence-electron chi connectivity index (χ4n) is 2.84. The van der Waals surface area contributed by atoms with Gasteiger partial charge in [-0.25, -0.2) is 8.42 Å². The number of hydrogen-bond acceptors (Lipinski definition) is 7. The Hall–Kier alpha value is -2.22. The number of aromatic nitrogens is 3. The molecule has 1 N–H and O–H groups in total. The molecule has 24 heavy (non-hydrogen) atoms. The van der Waals surface area contributed by atoms with Gasteiger partial charge in [0.25, 0.3) is 0 Å². The van der Waals surface area contributed by atoms with Crippen LogP contribution in [0.2, 0.25) is 0 Å². The molecule has 1 atom stereocenters. The van der Waals surface area contributed by atoms with Crippen LogP contribution in [0, 0.1) is 0 Å². The molecule has 7 nitrogen and oxygen atoms in total. The summed E-state index contributed by atoms with van der Waals surface area (Å²) in [6.07, 6.45) is 3.07. The Labute approximate surface area is 142 Å². The first-order chi connectivity index (χ1) is 11.5. The minimum Gasteiger partial charge on any atom is -0.339 e. The number of anilines is 3. The fourth-order valence-corrected chi connectivity index (χ4v) is 4.61. The lowest BCUT2D eigenvalue weighted by Gasteiger charge is -2.23. The SMILES string of the molecule is CCc1ccccc1Nc1cnnc(N(C)C2CCS(=O)(=O)C2)n1. The van der Waals surface area contributed by atoms with Gasteiger partial charge in [-0.1, -0.05) is 25.1 Å². The van der Waals surface area contributed by atoms with Gasteiger partial charge in [-0.05, 0) is 24.5 Å². The van der Waals surface area contributed by atoms with Crippen molar-refractivity contribution in [3.63, 3.8) is 0 Å². The van der Waals surface area contributed by atoms with Crippen LogP contribution in [0.5, 0.6) is 0 Å². The van der Waals surface area contributed by atoms with E-state index in [4.69, 9.17) is 0 Å². The van der Waals surface area contributed by atoms with Crippen LogP contribution in [0.15, 0.2) is 30.5 Å². The van der Waals surface area contributed by atoms with Crippen LogP contribution < -0.4 is 10.2 Å². The second-order valence-electron chi connectivity index (χ2n) is 5.95. The van der Waals surface area contributed by atoms with E-state index < -0.39 is 9.84 Å². The molecule has 0 spiro atoms. The quantitative estimate of drug-likeness (QED) is 0.882. The van der Waals surface area contributed by atoms with Gasteiger partial charge in [-0.2, -0.15) is 10.1 Å². The van der Waals surface area contributed by atoms with Crippen LogP contribution in [0.3, 0.4) is 0 Å². The molecule has 0 bridgehead atoms. The van der Waals surface area contributed by atoms with E-state index in [0.717, 1.165) is 12.1 Å². The van der Waals surface area contributed by atoms with Gasteiger partial charge < -0.3 is 10.2 Å². The Kier molecular flexibility index (Phi) is 4.66. The molecule has 128 valence electrons. The van der Waals surface area contributed by atoms with E-state index in [-0.39, 0.29) is 17.5 Å². The number of benzene rings is 1. The van der Waals surface area contributed by atoms with Crippen molar-refractivity contribution >= 4 is 27.3 Å². The first-order valence-electron chi connectivity index (χ1n) is 7.96. The zero-order chi connectivity index (χ0) is 17.2. The van der Waals surface area contributed by atoms with E-state index >= 15 is 0 Å². The summed E-state index contributed by atoms with van der Waals surface area (Å²) in [5, 5.41) is 11.3. The number of sulfone groups is 1. The van der Waals surface area contributed by atoms with Crippen LogP contribution in [0.25, 0.3) is 0 Å². The van der Waals surface area contributed by atoms with Crippen molar-refractivity contribution in [3.05, 3.63) is 36.0 Å². The molecule has 1 aromatic carbocycles. The van der Waals surface area contributed by atoms with E-state index in [1.807, 2.05) is 25.2 Å². The molecule has 2 heterocycles. The number of rotatable bonds is 5. The highest BCUT2D eigenvalue weighted by Crippen LogP contribution is 2.23. The minimum absolute atomic E-state index is 0.102. The minimum atomic E-state index is -2.95. The molecule has 8 heteroatoms. The van der Waals surface area contributed by atoms with Gasteiger partial charge >= 0.3 is 0 Å². The van der Waals surface area contributed by atoms with Crippen molar-refractivity contribution in [2.45, 2.75) is 25.8 Å². The first-order valence-corrected chi connectivity index (χ1v) is 9.78. The smallest absolute Gasteiger partial charge is 0.247 e. The monoisotopic (exact) mass is 347 g/mol. The van der Waals surface area contributed by atoms with Crippen LogP contribution in [0.4, 0.5) is 17.5 Å². The molecule has 0 amide bonds. The summed E-state index contributed by atoms with van der Waals surface area (Å²) in [6.45, 7) is 2.10. The Morgan fingerprint density at radius 1 is 1.33 bits per heavy atom. The maximum absolute atomic E-state index is 11.7. The zero-order valence-electron chi connectivity index (χ0n) is 13.8. The van der Waals surface area contributed by atoms with Crippen molar-refractivity contribution in [1.82, 2.24) is 15.2 Å². The van der Waals surface area contributed by atoms with Gasteiger partial charge in [-0.15, -0.1) is 5.10 Å². The van der Waals surface area contributed by atoms with Gasteiger partial charge in [0.05, 0.1) is 17.7 Å². The van der Waals surface area contributed by atoms with E-state index in [1.165, 1.54) is 5.56 Å². The molecule has 0 radical (unpaired) electrons. The Balaban J connectivity index is 1.79. The third-order valence-corrected chi connectivity index (χ3v) is 6.03. The van der Waals surface area contributed by atoms with Crippen LogP contribution >= 0.6 is 0 Å². The van der Waals surface area contributed by atoms with Crippen molar-refractivity contribution < 1.29 is 8.42 Å². The van der Waals surface area contributed by atoms with E-state index in [2.05, 4.69) is 33.5 Å². The van der Waals surface area contributed by atoms with E-state index in [0.29, 0.717) is 18.2 Å². The Bertz CT molecular complexity index is 825. The zero-order valence-corrected chi connectivity index (χ0v) is 14.6. The van der Waals surface area contributed by atoms with Crippen LogP contribution in [-0.4, -0.2) is 48.2 Å². The van der Waals surface area contributed by atoms with Crippen LogP contribution in [-0.2, 0) is 16.3 Å². The summed E-state index contributed by atoms with van der Waals surface area (Å²) in [5.41, 5.74) is 2.17. The maximum atomic E-state index is 11.7. The van der Waals surface area contributed by atoms with Crippen molar-refractivity contribution in [2.75, 3.05) is 28.8 Å². The number of para-hydroxylation sites is 1. The molecule has 1 aromatic heterocycles. The van der Waals surface area contributed by atoms with Crippen molar-refractivity contribution in [1.29, 1.82) is 0 Å². The molecule has 1 saturated heterocycles. The van der Waals surface area contributed by atoms with Gasteiger partial charge in [0.2, 0.25) is 5.95 Å². The second kappa shape index (κ2) is 6.72. The molecule has 2 aromatic rings. The number of nitrogens with one attached hydrogen (secondary N) is 1. The third-order valence-electron chi connectivity index (χ3n) is 4.28. The molecule has 1 aliphatic heterocycles. The molecule has 0 aliphatic carbocycles. The average Bonchev–Trinajstić information content (AvgIpc) is 2.95. The summed E-state index contributed by atoms with van der Waals surface area (Å²) in [7, 11) is -1.14. The standard InChI is InChI=1S/C16H21N5O2S/c1-3-12-6-4-5-7-14(12)18-15-10-17-20-16(19-15)21(2)13-8-9-24(22,23)11-13/h4-7,10,13H,3,8-9,11H2,1-2H3,(H,18,19,20). The summed E-state index contributed by atoms with van der Waals surface area (Å²) in [4.78, 5) is 6.28. The lowest BCUT2D eigenvalue weighted by atomic mass is 10.1. The summed E-state index contributed by atoms with van der Waals surface area (Å²) in [6, 6.07) is 7.92. The summed E-state index contributed by atoms with van der Waals surface area (Å²) < 4.78 is 23.3.